The Morgan fingerprint density at radius 1 is 0.811 bits per heavy atom. The normalized spacial score (nSPS) is 14.8. The Bertz CT molecular complexity index is 1530. The van der Waals surface area contributed by atoms with Crippen molar-refractivity contribution in [2.24, 2.45) is 0 Å². The number of hydrogen-bond acceptors (Lipinski definition) is 5. The Hall–Kier alpha value is -4.99. The van der Waals surface area contributed by atoms with Crippen LogP contribution < -0.4 is 10.2 Å². The quantitative estimate of drug-likeness (QED) is 0.356. The van der Waals surface area contributed by atoms with Crippen molar-refractivity contribution in [1.29, 1.82) is 0 Å². The predicted molar refractivity (Wildman–Crippen MR) is 134 cm³/mol. The molecule has 0 radical (unpaired) electrons. The SMILES string of the molecule is Cc1ccc(N2C(=O)NC(=O)C(=Cc3cc(C)n(-c4cc(C(=O)O)cc(C(=O)O)c4)c3C)C2=O)cc1C. The van der Waals surface area contributed by atoms with E-state index < -0.39 is 29.8 Å². The number of carboxylic acid groups (broad SMARTS) is 2. The van der Waals surface area contributed by atoms with Crippen molar-refractivity contribution in [2.75, 3.05) is 4.90 Å². The summed E-state index contributed by atoms with van der Waals surface area (Å²) in [5, 5.41) is 21.1. The molecule has 37 heavy (non-hydrogen) atoms. The minimum Gasteiger partial charge on any atom is -0.478 e. The van der Waals surface area contributed by atoms with Crippen LogP contribution in [0.15, 0.2) is 48.0 Å². The topological polar surface area (TPSA) is 146 Å². The maximum atomic E-state index is 13.3. The second-order valence-corrected chi connectivity index (χ2v) is 8.77. The molecule has 2 heterocycles. The molecule has 1 aliphatic heterocycles. The van der Waals surface area contributed by atoms with Crippen LogP contribution in [0.4, 0.5) is 10.5 Å². The van der Waals surface area contributed by atoms with E-state index in [9.17, 15) is 34.2 Å². The molecule has 0 atom stereocenters. The zero-order valence-electron chi connectivity index (χ0n) is 20.4. The first-order valence-electron chi connectivity index (χ1n) is 11.2. The van der Waals surface area contributed by atoms with Gasteiger partial charge in [0.25, 0.3) is 11.8 Å². The minimum absolute atomic E-state index is 0.202. The summed E-state index contributed by atoms with van der Waals surface area (Å²) in [5.74, 6) is -4.20. The van der Waals surface area contributed by atoms with Crippen LogP contribution >= 0.6 is 0 Å². The van der Waals surface area contributed by atoms with Gasteiger partial charge in [-0.15, -0.1) is 0 Å². The van der Waals surface area contributed by atoms with E-state index in [0.717, 1.165) is 22.1 Å². The summed E-state index contributed by atoms with van der Waals surface area (Å²) in [6.07, 6.45) is 1.36. The summed E-state index contributed by atoms with van der Waals surface area (Å²) >= 11 is 0. The van der Waals surface area contributed by atoms with Crippen LogP contribution in [0.2, 0.25) is 0 Å². The fourth-order valence-corrected chi connectivity index (χ4v) is 4.23. The third-order valence-electron chi connectivity index (χ3n) is 6.29. The molecule has 10 heteroatoms. The lowest BCUT2D eigenvalue weighted by Crippen LogP contribution is -2.54. The Balaban J connectivity index is 1.81. The van der Waals surface area contributed by atoms with Crippen LogP contribution in [-0.2, 0) is 9.59 Å². The first-order valence-corrected chi connectivity index (χ1v) is 11.2. The third-order valence-corrected chi connectivity index (χ3v) is 6.29. The number of aromatic nitrogens is 1. The van der Waals surface area contributed by atoms with Crippen LogP contribution in [0.1, 0.15) is 48.8 Å². The number of nitrogens with zero attached hydrogens (tertiary/aromatic N) is 2. The van der Waals surface area contributed by atoms with E-state index >= 15 is 0 Å². The van der Waals surface area contributed by atoms with Gasteiger partial charge in [-0.3, -0.25) is 14.9 Å². The number of carboxylic acids is 2. The lowest BCUT2D eigenvalue weighted by Gasteiger charge is -2.26. The summed E-state index contributed by atoms with van der Waals surface area (Å²) < 4.78 is 1.63. The van der Waals surface area contributed by atoms with Gasteiger partial charge in [0, 0.05) is 17.1 Å². The van der Waals surface area contributed by atoms with E-state index in [1.165, 1.54) is 18.2 Å². The standard InChI is InChI=1S/C27H23N3O7/c1-13-5-6-20(7-14(13)2)30-24(32)22(23(31)28-27(30)37)12-17-8-15(3)29(16(17)4)21-10-18(25(33)34)9-19(11-21)26(35)36/h5-12H,1-4H3,(H,33,34)(H,35,36)(H,28,31,37). The molecular formula is C27H23N3O7. The molecule has 1 aromatic heterocycles. The number of imide groups is 2. The van der Waals surface area contributed by atoms with Crippen LogP contribution in [-0.4, -0.2) is 44.6 Å². The minimum atomic E-state index is -1.28. The smallest absolute Gasteiger partial charge is 0.335 e. The van der Waals surface area contributed by atoms with Crippen molar-refractivity contribution in [1.82, 2.24) is 9.88 Å². The zero-order chi connectivity index (χ0) is 27.2. The lowest BCUT2D eigenvalue weighted by atomic mass is 10.1. The number of carbonyl (C=O) groups is 5. The fourth-order valence-electron chi connectivity index (χ4n) is 4.23. The van der Waals surface area contributed by atoms with Gasteiger partial charge >= 0.3 is 18.0 Å². The van der Waals surface area contributed by atoms with E-state index in [0.29, 0.717) is 28.3 Å². The highest BCUT2D eigenvalue weighted by Crippen LogP contribution is 2.28. The van der Waals surface area contributed by atoms with Crippen LogP contribution in [0, 0.1) is 27.7 Å². The predicted octanol–water partition coefficient (Wildman–Crippen LogP) is 3.77. The largest absolute Gasteiger partial charge is 0.478 e. The summed E-state index contributed by atoms with van der Waals surface area (Å²) in [5.41, 5.74) is 3.39. The van der Waals surface area contributed by atoms with Crippen molar-refractivity contribution < 1.29 is 34.2 Å². The molecule has 2 aromatic carbocycles. The number of amides is 4. The van der Waals surface area contributed by atoms with E-state index in [2.05, 4.69) is 5.32 Å². The number of benzene rings is 2. The van der Waals surface area contributed by atoms with E-state index in [4.69, 9.17) is 0 Å². The lowest BCUT2D eigenvalue weighted by molar-refractivity contribution is -0.122. The van der Waals surface area contributed by atoms with Crippen LogP contribution in [0.25, 0.3) is 11.8 Å². The molecule has 3 aromatic rings. The van der Waals surface area contributed by atoms with Gasteiger partial charge in [0.1, 0.15) is 5.57 Å². The number of urea groups is 1. The maximum Gasteiger partial charge on any atom is 0.335 e. The first-order chi connectivity index (χ1) is 17.4. The fraction of sp³-hybridized carbons (Fsp3) is 0.148. The maximum absolute atomic E-state index is 13.3. The van der Waals surface area contributed by atoms with Gasteiger partial charge in [0.2, 0.25) is 0 Å². The van der Waals surface area contributed by atoms with Gasteiger partial charge in [-0.2, -0.15) is 0 Å². The molecule has 0 aliphatic carbocycles. The summed E-state index contributed by atoms with van der Waals surface area (Å²) in [6, 6.07) is 9.63. The molecule has 0 spiro atoms. The molecule has 4 rings (SSSR count). The number of carbonyl (C=O) groups excluding carboxylic acids is 3. The van der Waals surface area contributed by atoms with Crippen molar-refractivity contribution >= 4 is 41.5 Å². The van der Waals surface area contributed by atoms with Crippen LogP contribution in [0.3, 0.4) is 0 Å². The van der Waals surface area contributed by atoms with E-state index in [-0.39, 0.29) is 16.7 Å². The number of aryl methyl sites for hydroxylation is 3. The molecule has 1 saturated heterocycles. The van der Waals surface area contributed by atoms with Gasteiger partial charge in [0.05, 0.1) is 16.8 Å². The molecule has 188 valence electrons. The average molecular weight is 501 g/mol. The monoisotopic (exact) mass is 501 g/mol. The van der Waals surface area contributed by atoms with Crippen molar-refractivity contribution in [3.63, 3.8) is 0 Å². The Morgan fingerprint density at radius 3 is 2.00 bits per heavy atom. The van der Waals surface area contributed by atoms with Crippen LogP contribution in [0.5, 0.6) is 0 Å². The second-order valence-electron chi connectivity index (χ2n) is 8.77. The highest BCUT2D eigenvalue weighted by molar-refractivity contribution is 6.39. The number of rotatable bonds is 5. The van der Waals surface area contributed by atoms with Gasteiger partial charge in [0.15, 0.2) is 0 Å². The number of hydrogen-bond donors (Lipinski definition) is 3. The third kappa shape index (κ3) is 4.52. The molecule has 3 N–H and O–H groups in total. The van der Waals surface area contributed by atoms with Crippen molar-refractivity contribution in [3.05, 3.63) is 87.2 Å². The molecule has 0 saturated carbocycles. The Kier molecular flexibility index (Phi) is 6.26. The van der Waals surface area contributed by atoms with Crippen molar-refractivity contribution in [2.45, 2.75) is 27.7 Å². The molecule has 10 nitrogen and oxygen atoms in total. The molecular weight excluding hydrogens is 478 g/mol. The molecule has 1 aliphatic rings. The molecule has 0 bridgehead atoms. The molecule has 0 unspecified atom stereocenters. The molecule has 4 amide bonds. The van der Waals surface area contributed by atoms with Gasteiger partial charge in [-0.1, -0.05) is 6.07 Å². The Morgan fingerprint density at radius 2 is 1.43 bits per heavy atom. The second kappa shape index (κ2) is 9.23. The summed E-state index contributed by atoms with van der Waals surface area (Å²) in [6.45, 7) is 7.14. The molecule has 1 fully saturated rings. The van der Waals surface area contributed by atoms with Gasteiger partial charge < -0.3 is 14.8 Å². The number of anilines is 1. The highest BCUT2D eigenvalue weighted by Gasteiger charge is 2.37. The van der Waals surface area contributed by atoms with Gasteiger partial charge in [-0.05, 0) is 86.9 Å². The first kappa shape index (κ1) is 25.1. The zero-order valence-corrected chi connectivity index (χ0v) is 20.4. The van der Waals surface area contributed by atoms with E-state index in [1.807, 2.05) is 13.8 Å². The van der Waals surface area contributed by atoms with E-state index in [1.54, 1.807) is 42.7 Å². The summed E-state index contributed by atoms with van der Waals surface area (Å²) in [7, 11) is 0. The number of barbiturate groups is 1. The average Bonchev–Trinajstić information content (AvgIpc) is 3.11. The van der Waals surface area contributed by atoms with Gasteiger partial charge in [-0.25, -0.2) is 19.3 Å². The Labute approximate surface area is 211 Å². The summed E-state index contributed by atoms with van der Waals surface area (Å²) in [4.78, 5) is 62.5. The highest BCUT2D eigenvalue weighted by atomic mass is 16.4. The number of nitrogens with one attached hydrogen (secondary N) is 1. The van der Waals surface area contributed by atoms with Crippen molar-refractivity contribution in [3.8, 4) is 5.69 Å². The number of aromatic carboxylic acids is 2.